The SMILES string of the molecule is COC(=O)[C@]1(C)CCC[C@]2(C)c3ccc(C(C)C)c(N(O)O)c3CC[C@@H]12. The summed E-state index contributed by atoms with van der Waals surface area (Å²) < 4.78 is 5.16. The van der Waals surface area contributed by atoms with Gasteiger partial charge in [-0.1, -0.05) is 39.3 Å². The van der Waals surface area contributed by atoms with E-state index in [1.807, 2.05) is 13.0 Å². The number of hydrogen-bond acceptors (Lipinski definition) is 5. The van der Waals surface area contributed by atoms with Gasteiger partial charge in [-0.2, -0.15) is 0 Å². The Kier molecular flexibility index (Phi) is 4.82. The number of benzene rings is 1. The lowest BCUT2D eigenvalue weighted by molar-refractivity contribution is -0.161. The molecule has 1 aromatic rings. The van der Waals surface area contributed by atoms with Crippen LogP contribution in [0.5, 0.6) is 0 Å². The first-order valence-electron chi connectivity index (χ1n) is 9.59. The first-order chi connectivity index (χ1) is 12.2. The van der Waals surface area contributed by atoms with Crippen molar-refractivity contribution in [2.75, 3.05) is 12.3 Å². The number of anilines is 1. The summed E-state index contributed by atoms with van der Waals surface area (Å²) in [6.07, 6.45) is 4.38. The highest BCUT2D eigenvalue weighted by atomic mass is 16.8. The fraction of sp³-hybridized carbons (Fsp3) is 0.667. The molecule has 2 aliphatic carbocycles. The zero-order valence-corrected chi connectivity index (χ0v) is 16.5. The van der Waals surface area contributed by atoms with Gasteiger partial charge in [-0.25, -0.2) is 0 Å². The van der Waals surface area contributed by atoms with Crippen LogP contribution in [0, 0.1) is 11.3 Å². The van der Waals surface area contributed by atoms with Crippen LogP contribution < -0.4 is 5.23 Å². The number of nitrogens with zero attached hydrogens (tertiary/aromatic N) is 1. The molecule has 3 atom stereocenters. The van der Waals surface area contributed by atoms with E-state index in [1.54, 1.807) is 0 Å². The molecule has 5 nitrogen and oxygen atoms in total. The van der Waals surface area contributed by atoms with Crippen LogP contribution >= 0.6 is 0 Å². The minimum absolute atomic E-state index is 0.123. The average Bonchev–Trinajstić information content (AvgIpc) is 2.59. The average molecular weight is 361 g/mol. The van der Waals surface area contributed by atoms with Crippen molar-refractivity contribution in [1.82, 2.24) is 0 Å². The summed E-state index contributed by atoms with van der Waals surface area (Å²) in [5.41, 5.74) is 2.94. The summed E-state index contributed by atoms with van der Waals surface area (Å²) in [6, 6.07) is 4.16. The topological polar surface area (TPSA) is 70.0 Å². The molecule has 0 aliphatic heterocycles. The molecule has 0 aromatic heterocycles. The van der Waals surface area contributed by atoms with E-state index >= 15 is 0 Å². The highest BCUT2D eigenvalue weighted by Gasteiger charge is 2.56. The number of carbonyl (C=O) groups excluding carboxylic acids is 1. The number of methoxy groups -OCH3 is 1. The number of hydrogen-bond donors (Lipinski definition) is 2. The monoisotopic (exact) mass is 361 g/mol. The Hall–Kier alpha value is -1.59. The van der Waals surface area contributed by atoms with Gasteiger partial charge in [-0.3, -0.25) is 15.2 Å². The van der Waals surface area contributed by atoms with E-state index in [0.717, 1.165) is 48.8 Å². The standard InChI is InChI=1S/C21H31NO4/c1-13(2)14-7-9-16-15(18(14)22(24)25)8-10-17-20(16,3)11-6-12-21(17,4)19(23)26-5/h7,9,13,17,24-25H,6,8,10-12H2,1-5H3/t17-,20-,21-/m1/s1. The van der Waals surface area contributed by atoms with E-state index in [9.17, 15) is 15.2 Å². The van der Waals surface area contributed by atoms with E-state index in [4.69, 9.17) is 4.74 Å². The molecule has 1 saturated carbocycles. The second-order valence-electron chi connectivity index (χ2n) is 8.74. The van der Waals surface area contributed by atoms with Gasteiger partial charge >= 0.3 is 5.97 Å². The Labute approximate surface area is 155 Å². The fourth-order valence-electron chi connectivity index (χ4n) is 5.74. The molecular weight excluding hydrogens is 330 g/mol. The summed E-state index contributed by atoms with van der Waals surface area (Å²) in [4.78, 5) is 12.6. The van der Waals surface area contributed by atoms with Gasteiger partial charge in [-0.15, -0.1) is 5.23 Å². The maximum absolute atomic E-state index is 12.6. The van der Waals surface area contributed by atoms with Crippen LogP contribution in [0.1, 0.15) is 76.0 Å². The van der Waals surface area contributed by atoms with Gasteiger partial charge in [0, 0.05) is 0 Å². The van der Waals surface area contributed by atoms with Gasteiger partial charge in [0.25, 0.3) is 0 Å². The van der Waals surface area contributed by atoms with E-state index in [-0.39, 0.29) is 23.2 Å². The molecule has 0 unspecified atom stereocenters. The zero-order valence-electron chi connectivity index (χ0n) is 16.5. The first kappa shape index (κ1) is 19.2. The van der Waals surface area contributed by atoms with Crippen LogP contribution in [-0.2, 0) is 21.4 Å². The molecule has 0 bridgehead atoms. The highest BCUT2D eigenvalue weighted by molar-refractivity contribution is 5.77. The molecule has 0 saturated heterocycles. The fourth-order valence-corrected chi connectivity index (χ4v) is 5.74. The Morgan fingerprint density at radius 3 is 2.54 bits per heavy atom. The van der Waals surface area contributed by atoms with Crippen molar-refractivity contribution in [1.29, 1.82) is 0 Å². The van der Waals surface area contributed by atoms with Crippen molar-refractivity contribution < 1.29 is 19.9 Å². The van der Waals surface area contributed by atoms with Gasteiger partial charge in [0.1, 0.15) is 5.69 Å². The second-order valence-corrected chi connectivity index (χ2v) is 8.74. The van der Waals surface area contributed by atoms with E-state index in [2.05, 4.69) is 26.8 Å². The Balaban J connectivity index is 2.17. The van der Waals surface area contributed by atoms with E-state index < -0.39 is 5.41 Å². The molecule has 1 fully saturated rings. The molecule has 0 amide bonds. The molecule has 2 N–H and O–H groups in total. The van der Waals surface area contributed by atoms with Crippen LogP contribution in [0.2, 0.25) is 0 Å². The van der Waals surface area contributed by atoms with Crippen molar-refractivity contribution in [2.24, 2.45) is 11.3 Å². The van der Waals surface area contributed by atoms with Gasteiger partial charge in [-0.05, 0) is 66.5 Å². The van der Waals surface area contributed by atoms with Crippen LogP contribution in [-0.4, -0.2) is 23.5 Å². The smallest absolute Gasteiger partial charge is 0.311 e. The molecule has 0 spiro atoms. The summed E-state index contributed by atoms with van der Waals surface area (Å²) >= 11 is 0. The zero-order chi connectivity index (χ0) is 19.3. The van der Waals surface area contributed by atoms with Crippen molar-refractivity contribution >= 4 is 11.7 Å². The minimum atomic E-state index is -0.492. The maximum Gasteiger partial charge on any atom is 0.311 e. The molecular formula is C21H31NO4. The van der Waals surface area contributed by atoms with E-state index in [0.29, 0.717) is 10.9 Å². The van der Waals surface area contributed by atoms with Crippen molar-refractivity contribution in [3.8, 4) is 0 Å². The Morgan fingerprint density at radius 1 is 1.27 bits per heavy atom. The lowest BCUT2D eigenvalue weighted by Gasteiger charge is -2.54. The van der Waals surface area contributed by atoms with Crippen LogP contribution in [0.3, 0.4) is 0 Å². The number of rotatable bonds is 3. The molecule has 3 rings (SSSR count). The number of ether oxygens (including phenoxy) is 1. The highest BCUT2D eigenvalue weighted by Crippen LogP contribution is 2.58. The van der Waals surface area contributed by atoms with Gasteiger partial charge in [0.2, 0.25) is 0 Å². The summed E-state index contributed by atoms with van der Waals surface area (Å²) in [7, 11) is 1.47. The van der Waals surface area contributed by atoms with Crippen molar-refractivity contribution in [3.05, 3.63) is 28.8 Å². The molecule has 1 aromatic carbocycles. The lowest BCUT2D eigenvalue weighted by Crippen LogP contribution is -2.52. The third kappa shape index (κ3) is 2.64. The predicted molar refractivity (Wildman–Crippen MR) is 99.7 cm³/mol. The molecule has 26 heavy (non-hydrogen) atoms. The second kappa shape index (κ2) is 6.54. The molecule has 2 aliphatic rings. The predicted octanol–water partition coefficient (Wildman–Crippen LogP) is 4.58. The van der Waals surface area contributed by atoms with Gasteiger partial charge < -0.3 is 4.74 Å². The molecule has 0 heterocycles. The van der Waals surface area contributed by atoms with Crippen LogP contribution in [0.15, 0.2) is 12.1 Å². The molecule has 0 radical (unpaired) electrons. The van der Waals surface area contributed by atoms with Crippen LogP contribution in [0.25, 0.3) is 0 Å². The van der Waals surface area contributed by atoms with Crippen LogP contribution in [0.4, 0.5) is 5.69 Å². The Bertz CT molecular complexity index is 714. The number of fused-ring (bicyclic) bond motifs is 3. The number of esters is 1. The molecule has 5 heteroatoms. The largest absolute Gasteiger partial charge is 0.469 e. The van der Waals surface area contributed by atoms with Crippen molar-refractivity contribution in [3.63, 3.8) is 0 Å². The third-order valence-corrected chi connectivity index (χ3v) is 7.02. The summed E-state index contributed by atoms with van der Waals surface area (Å²) in [6.45, 7) is 8.38. The number of carbonyl (C=O) groups is 1. The normalized spacial score (nSPS) is 30.5. The summed E-state index contributed by atoms with van der Waals surface area (Å²) in [5, 5.41) is 20.2. The van der Waals surface area contributed by atoms with E-state index in [1.165, 1.54) is 7.11 Å². The maximum atomic E-state index is 12.6. The van der Waals surface area contributed by atoms with Crippen molar-refractivity contribution in [2.45, 2.75) is 71.1 Å². The molecule has 144 valence electrons. The van der Waals surface area contributed by atoms with Gasteiger partial charge in [0.05, 0.1) is 12.5 Å². The van der Waals surface area contributed by atoms with Gasteiger partial charge in [0.15, 0.2) is 0 Å². The minimum Gasteiger partial charge on any atom is -0.469 e. The summed E-state index contributed by atoms with van der Waals surface area (Å²) in [5.74, 6) is 0.253. The Morgan fingerprint density at radius 2 is 1.96 bits per heavy atom. The quantitative estimate of drug-likeness (QED) is 0.609. The third-order valence-electron chi connectivity index (χ3n) is 7.02. The first-order valence-corrected chi connectivity index (χ1v) is 9.59. The lowest BCUT2D eigenvalue weighted by atomic mass is 9.49.